The number of amides is 1. The minimum Gasteiger partial charge on any atom is -0.383 e. The third-order valence-electron chi connectivity index (χ3n) is 5.48. The van der Waals surface area contributed by atoms with Gasteiger partial charge in [0.2, 0.25) is 0 Å². The van der Waals surface area contributed by atoms with Gasteiger partial charge in [0.05, 0.1) is 17.2 Å². The number of nitrogens with one attached hydrogen (secondary N) is 1. The van der Waals surface area contributed by atoms with E-state index in [1.165, 1.54) is 11.1 Å². The van der Waals surface area contributed by atoms with Crippen LogP contribution in [0.2, 0.25) is 0 Å². The van der Waals surface area contributed by atoms with Gasteiger partial charge in [0.1, 0.15) is 16.9 Å². The number of nitrogen functional groups attached to an aromatic ring is 1. The van der Waals surface area contributed by atoms with Gasteiger partial charge < -0.3 is 11.1 Å². The molecule has 0 saturated heterocycles. The van der Waals surface area contributed by atoms with Crippen molar-refractivity contribution in [1.29, 1.82) is 0 Å². The molecule has 30 heavy (non-hydrogen) atoms. The van der Waals surface area contributed by atoms with Gasteiger partial charge in [-0.2, -0.15) is 9.78 Å². The first-order valence-corrected chi connectivity index (χ1v) is 11.0. The number of nitrogens with zero attached hydrogens (tertiary/aromatic N) is 4. The van der Waals surface area contributed by atoms with Gasteiger partial charge in [-0.25, -0.2) is 9.97 Å². The van der Waals surface area contributed by atoms with Gasteiger partial charge in [-0.3, -0.25) is 4.79 Å². The second kappa shape index (κ2) is 7.87. The smallest absolute Gasteiger partial charge is 0.257 e. The van der Waals surface area contributed by atoms with Gasteiger partial charge in [-0.15, -0.1) is 11.3 Å². The molecule has 1 saturated carbocycles. The average molecular weight is 419 g/mol. The van der Waals surface area contributed by atoms with Crippen molar-refractivity contribution in [2.24, 2.45) is 5.10 Å². The molecular formula is C22H22N6OS. The molecule has 3 aromatic heterocycles. The first-order valence-electron chi connectivity index (χ1n) is 10.2. The Morgan fingerprint density at radius 3 is 2.63 bits per heavy atom. The predicted octanol–water partition coefficient (Wildman–Crippen LogP) is 4.17. The standard InChI is InChI=1S/C22H22N6OS/c23-20-18(22(29)25-14-7-2-1-3-8-14)19-21(27-17-11-5-4-10-16(17)26-19)28(20)24-13-15-9-6-12-30-15/h4-6,9-14H,1-3,7-8,23H2,(H,25,29)/b24-13+. The van der Waals surface area contributed by atoms with Crippen LogP contribution in [0.25, 0.3) is 22.2 Å². The number of aromatic nitrogens is 3. The monoisotopic (exact) mass is 418 g/mol. The molecule has 0 unspecified atom stereocenters. The highest BCUT2D eigenvalue weighted by molar-refractivity contribution is 7.11. The summed E-state index contributed by atoms with van der Waals surface area (Å²) in [5.41, 5.74) is 9.18. The highest BCUT2D eigenvalue weighted by Crippen LogP contribution is 2.28. The van der Waals surface area contributed by atoms with E-state index in [0.29, 0.717) is 16.7 Å². The summed E-state index contributed by atoms with van der Waals surface area (Å²) in [6.45, 7) is 0. The number of nitrogens with two attached hydrogens (primary N) is 1. The number of para-hydroxylation sites is 2. The van der Waals surface area contributed by atoms with E-state index in [1.54, 1.807) is 17.6 Å². The Morgan fingerprint density at radius 1 is 1.13 bits per heavy atom. The zero-order valence-electron chi connectivity index (χ0n) is 16.4. The Hall–Kier alpha value is -3.26. The zero-order chi connectivity index (χ0) is 20.5. The molecule has 0 atom stereocenters. The minimum absolute atomic E-state index is 0.173. The van der Waals surface area contributed by atoms with E-state index in [2.05, 4.69) is 10.4 Å². The van der Waals surface area contributed by atoms with Crippen molar-refractivity contribution in [1.82, 2.24) is 20.0 Å². The summed E-state index contributed by atoms with van der Waals surface area (Å²) < 4.78 is 1.52. The molecule has 1 aliphatic carbocycles. The summed E-state index contributed by atoms with van der Waals surface area (Å²) >= 11 is 1.57. The maximum Gasteiger partial charge on any atom is 0.257 e. The van der Waals surface area contributed by atoms with Crippen molar-refractivity contribution in [2.45, 2.75) is 38.1 Å². The van der Waals surface area contributed by atoms with Gasteiger partial charge in [0.25, 0.3) is 5.91 Å². The maximum atomic E-state index is 13.2. The largest absolute Gasteiger partial charge is 0.383 e. The fourth-order valence-corrected chi connectivity index (χ4v) is 4.55. The summed E-state index contributed by atoms with van der Waals surface area (Å²) in [6.07, 6.45) is 7.21. The lowest BCUT2D eigenvalue weighted by molar-refractivity contribution is 0.0930. The summed E-state index contributed by atoms with van der Waals surface area (Å²) in [7, 11) is 0. The third-order valence-corrected chi connectivity index (χ3v) is 6.29. The van der Waals surface area contributed by atoms with Crippen LogP contribution >= 0.6 is 11.3 Å². The molecule has 0 radical (unpaired) electrons. The highest BCUT2D eigenvalue weighted by atomic mass is 32.1. The second-order valence-corrected chi connectivity index (χ2v) is 8.50. The van der Waals surface area contributed by atoms with Gasteiger partial charge in [0.15, 0.2) is 5.65 Å². The van der Waals surface area contributed by atoms with E-state index < -0.39 is 0 Å². The number of fused-ring (bicyclic) bond motifs is 2. The summed E-state index contributed by atoms with van der Waals surface area (Å²) in [4.78, 5) is 23.6. The molecule has 0 spiro atoms. The van der Waals surface area contributed by atoms with Gasteiger partial charge >= 0.3 is 0 Å². The average Bonchev–Trinajstić information content (AvgIpc) is 3.37. The summed E-state index contributed by atoms with van der Waals surface area (Å²) in [5.74, 6) is 0.0421. The normalized spacial score (nSPS) is 15.3. The van der Waals surface area contributed by atoms with Crippen LogP contribution in [0.15, 0.2) is 46.9 Å². The predicted molar refractivity (Wildman–Crippen MR) is 121 cm³/mol. The molecule has 4 aromatic rings. The van der Waals surface area contributed by atoms with Gasteiger partial charge in [0, 0.05) is 10.9 Å². The van der Waals surface area contributed by atoms with E-state index >= 15 is 0 Å². The number of thiophene rings is 1. The van der Waals surface area contributed by atoms with Gasteiger partial charge in [-0.1, -0.05) is 37.5 Å². The van der Waals surface area contributed by atoms with Crippen LogP contribution in [0.1, 0.15) is 47.3 Å². The van der Waals surface area contributed by atoms with Crippen molar-refractivity contribution < 1.29 is 4.79 Å². The van der Waals surface area contributed by atoms with Crippen LogP contribution in [-0.2, 0) is 0 Å². The Bertz CT molecular complexity index is 1240. The Morgan fingerprint density at radius 2 is 1.90 bits per heavy atom. The Balaban J connectivity index is 1.63. The molecule has 1 aromatic carbocycles. The topological polar surface area (TPSA) is 98.2 Å². The number of carbonyl (C=O) groups excluding carboxylic acids is 1. The van der Waals surface area contributed by atoms with Crippen LogP contribution in [-0.4, -0.2) is 32.8 Å². The lowest BCUT2D eigenvalue weighted by Gasteiger charge is -2.22. The van der Waals surface area contributed by atoms with Crippen LogP contribution in [0.5, 0.6) is 0 Å². The van der Waals surface area contributed by atoms with Crippen molar-refractivity contribution in [3.05, 3.63) is 52.2 Å². The molecule has 7 nitrogen and oxygen atoms in total. The lowest BCUT2D eigenvalue weighted by atomic mass is 9.95. The van der Waals surface area contributed by atoms with E-state index in [1.807, 2.05) is 41.8 Å². The van der Waals surface area contributed by atoms with E-state index in [-0.39, 0.29) is 17.8 Å². The zero-order valence-corrected chi connectivity index (χ0v) is 17.2. The van der Waals surface area contributed by atoms with E-state index in [9.17, 15) is 4.79 Å². The fraction of sp³-hybridized carbons (Fsp3) is 0.273. The fourth-order valence-electron chi connectivity index (χ4n) is 3.97. The molecule has 1 aliphatic rings. The molecule has 0 bridgehead atoms. The Kier molecular flexibility index (Phi) is 4.92. The Labute approximate surface area is 177 Å². The molecule has 0 aliphatic heterocycles. The molecule has 3 N–H and O–H groups in total. The van der Waals surface area contributed by atoms with E-state index in [0.717, 1.165) is 41.6 Å². The molecule has 5 rings (SSSR count). The number of anilines is 1. The van der Waals surface area contributed by atoms with E-state index in [4.69, 9.17) is 15.7 Å². The van der Waals surface area contributed by atoms with Crippen LogP contribution in [0.3, 0.4) is 0 Å². The summed E-state index contributed by atoms with van der Waals surface area (Å²) in [5, 5.41) is 9.66. The van der Waals surface area contributed by atoms with Crippen molar-refractivity contribution >= 4 is 51.5 Å². The number of benzene rings is 1. The van der Waals surface area contributed by atoms with Crippen LogP contribution in [0, 0.1) is 0 Å². The molecule has 3 heterocycles. The number of rotatable bonds is 4. The maximum absolute atomic E-state index is 13.2. The summed E-state index contributed by atoms with van der Waals surface area (Å²) in [6, 6.07) is 11.7. The highest BCUT2D eigenvalue weighted by Gasteiger charge is 2.26. The van der Waals surface area contributed by atoms with Crippen LogP contribution < -0.4 is 11.1 Å². The minimum atomic E-state index is -0.209. The molecular weight excluding hydrogens is 396 g/mol. The van der Waals surface area contributed by atoms with Crippen molar-refractivity contribution in [2.75, 3.05) is 5.73 Å². The van der Waals surface area contributed by atoms with Crippen LogP contribution in [0.4, 0.5) is 5.82 Å². The van der Waals surface area contributed by atoms with Crippen molar-refractivity contribution in [3.63, 3.8) is 0 Å². The quantitative estimate of drug-likeness (QED) is 0.486. The number of carbonyl (C=O) groups is 1. The molecule has 152 valence electrons. The van der Waals surface area contributed by atoms with Gasteiger partial charge in [-0.05, 0) is 36.4 Å². The molecule has 8 heteroatoms. The SMILES string of the molecule is Nc1c(C(=O)NC2CCCCC2)c2nc3ccccc3nc2n1/N=C/c1cccs1. The molecule has 1 amide bonds. The third kappa shape index (κ3) is 3.43. The molecule has 1 fully saturated rings. The van der Waals surface area contributed by atoms with Crippen molar-refractivity contribution in [3.8, 4) is 0 Å². The first-order chi connectivity index (χ1) is 14.7. The first kappa shape index (κ1) is 18.7. The lowest BCUT2D eigenvalue weighted by Crippen LogP contribution is -2.36. The second-order valence-electron chi connectivity index (χ2n) is 7.52. The number of hydrogen-bond acceptors (Lipinski definition) is 6. The number of hydrogen-bond donors (Lipinski definition) is 2.